The molecule has 0 aromatic carbocycles. The van der Waals surface area contributed by atoms with Crippen LogP contribution in [0.25, 0.3) is 0 Å². The van der Waals surface area contributed by atoms with Crippen molar-refractivity contribution < 1.29 is 9.53 Å². The molecular weight excluding hydrogens is 242 g/mol. The van der Waals surface area contributed by atoms with E-state index in [4.69, 9.17) is 4.74 Å². The first-order valence-electron chi connectivity index (χ1n) is 7.15. The van der Waals surface area contributed by atoms with Gasteiger partial charge in [0.1, 0.15) is 6.10 Å². The van der Waals surface area contributed by atoms with Crippen molar-refractivity contribution in [1.29, 1.82) is 0 Å². The molecule has 0 radical (unpaired) electrons. The molecule has 1 amide bonds. The fourth-order valence-electron chi connectivity index (χ4n) is 3.06. The molecule has 2 aliphatic rings. The minimum absolute atomic E-state index is 0.184. The Kier molecular flexibility index (Phi) is 3.55. The van der Waals surface area contributed by atoms with Crippen LogP contribution in [0.3, 0.4) is 0 Å². The van der Waals surface area contributed by atoms with Crippen LogP contribution in [-0.2, 0) is 16.1 Å². The lowest BCUT2D eigenvalue weighted by Gasteiger charge is -2.27. The number of rotatable bonds is 3. The van der Waals surface area contributed by atoms with Gasteiger partial charge in [-0.3, -0.25) is 9.48 Å². The van der Waals surface area contributed by atoms with Gasteiger partial charge in [-0.15, -0.1) is 0 Å². The molecule has 2 aliphatic heterocycles. The van der Waals surface area contributed by atoms with Crippen LogP contribution in [0.1, 0.15) is 31.2 Å². The van der Waals surface area contributed by atoms with Crippen molar-refractivity contribution in [3.05, 3.63) is 18.0 Å². The van der Waals surface area contributed by atoms with Crippen molar-refractivity contribution in [2.45, 2.75) is 51.3 Å². The number of nitrogens with zero attached hydrogens (tertiary/aromatic N) is 3. The van der Waals surface area contributed by atoms with Gasteiger partial charge in [-0.2, -0.15) is 5.10 Å². The summed E-state index contributed by atoms with van der Waals surface area (Å²) in [5, 5.41) is 4.32. The standard InChI is InChI=1S/C14H21N3O2/c1-11-8-15-16(9-11)10-12-4-2-6-17(12)14(18)13-5-3-7-19-13/h8-9,12-13H,2-7,10H2,1H3/t12-,13-/m0/s1. The first kappa shape index (κ1) is 12.7. The number of carbonyl (C=O) groups excluding carboxylic acids is 1. The van der Waals surface area contributed by atoms with E-state index in [1.54, 1.807) is 0 Å². The Bertz CT molecular complexity index is 451. The summed E-state index contributed by atoms with van der Waals surface area (Å²) in [7, 11) is 0. The molecule has 5 heteroatoms. The number of amides is 1. The highest BCUT2D eigenvalue weighted by Crippen LogP contribution is 2.23. The summed E-state index contributed by atoms with van der Waals surface area (Å²) >= 11 is 0. The van der Waals surface area contributed by atoms with Crippen molar-refractivity contribution >= 4 is 5.91 Å². The molecule has 19 heavy (non-hydrogen) atoms. The summed E-state index contributed by atoms with van der Waals surface area (Å²) in [5.41, 5.74) is 1.16. The molecule has 104 valence electrons. The van der Waals surface area contributed by atoms with Gasteiger partial charge in [-0.25, -0.2) is 0 Å². The first-order valence-corrected chi connectivity index (χ1v) is 7.15. The second kappa shape index (κ2) is 5.33. The Morgan fingerprint density at radius 1 is 1.47 bits per heavy atom. The lowest BCUT2D eigenvalue weighted by Crippen LogP contribution is -2.43. The van der Waals surface area contributed by atoms with E-state index >= 15 is 0 Å². The molecule has 0 aliphatic carbocycles. The van der Waals surface area contributed by atoms with Gasteiger partial charge in [0.05, 0.1) is 18.8 Å². The zero-order valence-corrected chi connectivity index (χ0v) is 11.4. The van der Waals surface area contributed by atoms with Gasteiger partial charge < -0.3 is 9.64 Å². The van der Waals surface area contributed by atoms with Crippen LogP contribution in [0.15, 0.2) is 12.4 Å². The Morgan fingerprint density at radius 2 is 2.37 bits per heavy atom. The van der Waals surface area contributed by atoms with E-state index in [0.29, 0.717) is 0 Å². The predicted molar refractivity (Wildman–Crippen MR) is 70.7 cm³/mol. The summed E-state index contributed by atoms with van der Waals surface area (Å²) in [6.07, 6.45) is 7.74. The van der Waals surface area contributed by atoms with E-state index in [1.807, 2.05) is 28.9 Å². The molecule has 0 bridgehead atoms. The summed E-state index contributed by atoms with van der Waals surface area (Å²) in [5.74, 6) is 0.184. The number of ether oxygens (including phenoxy) is 1. The lowest BCUT2D eigenvalue weighted by molar-refractivity contribution is -0.142. The van der Waals surface area contributed by atoms with Crippen LogP contribution in [0.2, 0.25) is 0 Å². The maximum Gasteiger partial charge on any atom is 0.252 e. The topological polar surface area (TPSA) is 47.4 Å². The Labute approximate surface area is 113 Å². The van der Waals surface area contributed by atoms with Crippen LogP contribution in [0, 0.1) is 6.92 Å². The molecule has 3 heterocycles. The Hall–Kier alpha value is -1.36. The lowest BCUT2D eigenvalue weighted by atomic mass is 10.2. The van der Waals surface area contributed by atoms with E-state index in [-0.39, 0.29) is 18.1 Å². The first-order chi connectivity index (χ1) is 9.24. The monoisotopic (exact) mass is 263 g/mol. The van der Waals surface area contributed by atoms with Crippen molar-refractivity contribution in [1.82, 2.24) is 14.7 Å². The number of aryl methyl sites for hydroxylation is 1. The van der Waals surface area contributed by atoms with Gasteiger partial charge in [0, 0.05) is 19.3 Å². The van der Waals surface area contributed by atoms with Crippen molar-refractivity contribution in [2.75, 3.05) is 13.2 Å². The van der Waals surface area contributed by atoms with E-state index in [9.17, 15) is 4.79 Å². The van der Waals surface area contributed by atoms with Gasteiger partial charge in [-0.05, 0) is 38.2 Å². The van der Waals surface area contributed by atoms with Gasteiger partial charge >= 0.3 is 0 Å². The average molecular weight is 263 g/mol. The van der Waals surface area contributed by atoms with Crippen molar-refractivity contribution in [3.63, 3.8) is 0 Å². The summed E-state index contributed by atoms with van der Waals surface area (Å²) < 4.78 is 7.46. The minimum atomic E-state index is -0.194. The molecule has 0 spiro atoms. The van der Waals surface area contributed by atoms with Crippen LogP contribution < -0.4 is 0 Å². The molecule has 2 fully saturated rings. The summed E-state index contributed by atoms with van der Waals surface area (Å²) in [4.78, 5) is 14.4. The smallest absolute Gasteiger partial charge is 0.252 e. The summed E-state index contributed by atoms with van der Waals surface area (Å²) in [6.45, 7) is 4.43. The molecule has 0 N–H and O–H groups in total. The quantitative estimate of drug-likeness (QED) is 0.827. The van der Waals surface area contributed by atoms with Gasteiger partial charge in [0.15, 0.2) is 0 Å². The molecule has 1 aromatic heterocycles. The van der Waals surface area contributed by atoms with Gasteiger partial charge in [0.2, 0.25) is 0 Å². The number of likely N-dealkylation sites (tertiary alicyclic amines) is 1. The maximum atomic E-state index is 12.4. The third-order valence-corrected chi connectivity index (χ3v) is 4.03. The second-order valence-corrected chi connectivity index (χ2v) is 5.57. The van der Waals surface area contributed by atoms with Crippen molar-refractivity contribution in [3.8, 4) is 0 Å². The molecule has 5 nitrogen and oxygen atoms in total. The SMILES string of the molecule is Cc1cnn(C[C@@H]2CCCN2C(=O)[C@@H]2CCCO2)c1. The van der Waals surface area contributed by atoms with E-state index in [2.05, 4.69) is 5.10 Å². The number of hydrogen-bond donors (Lipinski definition) is 0. The fraction of sp³-hybridized carbons (Fsp3) is 0.714. The molecule has 2 saturated heterocycles. The highest BCUT2D eigenvalue weighted by Gasteiger charge is 2.35. The predicted octanol–water partition coefficient (Wildman–Crippen LogP) is 1.36. The highest BCUT2D eigenvalue weighted by molar-refractivity contribution is 5.81. The molecule has 0 saturated carbocycles. The third kappa shape index (κ3) is 2.66. The fourth-order valence-corrected chi connectivity index (χ4v) is 3.06. The molecular formula is C14H21N3O2. The normalized spacial score (nSPS) is 27.1. The summed E-state index contributed by atoms with van der Waals surface area (Å²) in [6, 6.07) is 0.274. The van der Waals surface area contributed by atoms with Gasteiger partial charge in [0.25, 0.3) is 5.91 Å². The average Bonchev–Trinajstić information content (AvgIpc) is 3.10. The molecule has 3 rings (SSSR count). The molecule has 1 aromatic rings. The van der Waals surface area contributed by atoms with E-state index in [1.165, 1.54) is 0 Å². The van der Waals surface area contributed by atoms with Gasteiger partial charge in [-0.1, -0.05) is 0 Å². The van der Waals surface area contributed by atoms with E-state index < -0.39 is 0 Å². The number of carbonyl (C=O) groups is 1. The zero-order valence-electron chi connectivity index (χ0n) is 11.4. The van der Waals surface area contributed by atoms with E-state index in [0.717, 1.165) is 50.9 Å². The number of hydrogen-bond acceptors (Lipinski definition) is 3. The van der Waals surface area contributed by atoms with Crippen molar-refractivity contribution in [2.24, 2.45) is 0 Å². The third-order valence-electron chi connectivity index (χ3n) is 4.03. The highest BCUT2D eigenvalue weighted by atomic mass is 16.5. The van der Waals surface area contributed by atoms with Crippen LogP contribution in [0.4, 0.5) is 0 Å². The zero-order chi connectivity index (χ0) is 13.2. The minimum Gasteiger partial charge on any atom is -0.368 e. The van der Waals surface area contributed by atoms with Crippen LogP contribution in [-0.4, -0.2) is 45.9 Å². The second-order valence-electron chi connectivity index (χ2n) is 5.57. The van der Waals surface area contributed by atoms with Crippen LogP contribution in [0.5, 0.6) is 0 Å². The number of aromatic nitrogens is 2. The molecule has 0 unspecified atom stereocenters. The van der Waals surface area contributed by atoms with Crippen LogP contribution >= 0.6 is 0 Å². The maximum absolute atomic E-state index is 12.4. The Balaban J connectivity index is 1.65. The molecule has 2 atom stereocenters. The largest absolute Gasteiger partial charge is 0.368 e. The Morgan fingerprint density at radius 3 is 3.05 bits per heavy atom.